The van der Waals surface area contributed by atoms with Gasteiger partial charge in [0.2, 0.25) is 0 Å². The minimum Gasteiger partial charge on any atom is -0.371 e. The summed E-state index contributed by atoms with van der Waals surface area (Å²) in [5.74, 6) is 1.67. The maximum absolute atomic E-state index is 5.58. The first-order valence-corrected chi connectivity index (χ1v) is 6.77. The molecule has 1 rings (SSSR count). The van der Waals surface area contributed by atoms with Crippen LogP contribution in [0.2, 0.25) is 0 Å². The Kier molecular flexibility index (Phi) is 5.54. The largest absolute Gasteiger partial charge is 0.371 e. The van der Waals surface area contributed by atoms with Gasteiger partial charge >= 0.3 is 0 Å². The van der Waals surface area contributed by atoms with Gasteiger partial charge in [-0.05, 0) is 26.2 Å². The Morgan fingerprint density at radius 3 is 2.50 bits per heavy atom. The van der Waals surface area contributed by atoms with Gasteiger partial charge in [0.25, 0.3) is 0 Å². The van der Waals surface area contributed by atoms with Crippen molar-refractivity contribution >= 4 is 5.82 Å². The van der Waals surface area contributed by atoms with Crippen LogP contribution in [0.25, 0.3) is 0 Å². The van der Waals surface area contributed by atoms with E-state index in [0.717, 1.165) is 43.1 Å². The van der Waals surface area contributed by atoms with E-state index in [9.17, 15) is 0 Å². The fourth-order valence-corrected chi connectivity index (χ4v) is 1.65. The highest BCUT2D eigenvalue weighted by molar-refractivity contribution is 5.36. The van der Waals surface area contributed by atoms with E-state index in [1.54, 1.807) is 7.11 Å². The zero-order valence-electron chi connectivity index (χ0n) is 12.2. The predicted molar refractivity (Wildman–Crippen MR) is 74.8 cm³/mol. The molecule has 1 N–H and O–H groups in total. The first-order valence-electron chi connectivity index (χ1n) is 6.77. The number of ether oxygens (including phenoxy) is 1. The second-order valence-corrected chi connectivity index (χ2v) is 4.64. The minimum absolute atomic E-state index is 0.409. The van der Waals surface area contributed by atoms with Crippen LogP contribution in [0, 0.1) is 0 Å². The molecule has 4 heteroatoms. The molecule has 0 saturated heterocycles. The zero-order valence-corrected chi connectivity index (χ0v) is 12.2. The third-order valence-corrected chi connectivity index (χ3v) is 3.30. The molecule has 0 radical (unpaired) electrons. The highest BCUT2D eigenvalue weighted by Gasteiger charge is 2.28. The quantitative estimate of drug-likeness (QED) is 0.808. The third kappa shape index (κ3) is 3.42. The molecule has 1 aromatic heterocycles. The molecule has 1 atom stereocenters. The summed E-state index contributed by atoms with van der Waals surface area (Å²) in [6.07, 6.45) is 2.83. The molecule has 0 amide bonds. The minimum atomic E-state index is -0.409. The van der Waals surface area contributed by atoms with Crippen LogP contribution in [-0.2, 0) is 16.8 Å². The number of hydrogen-bond donors (Lipinski definition) is 1. The van der Waals surface area contributed by atoms with Gasteiger partial charge in [-0.15, -0.1) is 0 Å². The fraction of sp³-hybridized carbons (Fsp3) is 0.714. The van der Waals surface area contributed by atoms with E-state index in [1.165, 1.54) is 0 Å². The molecule has 0 aliphatic rings. The van der Waals surface area contributed by atoms with Crippen molar-refractivity contribution < 1.29 is 4.74 Å². The maximum Gasteiger partial charge on any atom is 0.162 e. The molecule has 0 aliphatic heterocycles. The third-order valence-electron chi connectivity index (χ3n) is 3.30. The molecule has 1 aromatic rings. The SMILES string of the molecule is CCCNc1cc(CC)nc(C(C)(CC)OC)n1. The molecule has 0 saturated carbocycles. The lowest BCUT2D eigenvalue weighted by molar-refractivity contribution is -0.00902. The normalized spacial score (nSPS) is 14.3. The van der Waals surface area contributed by atoms with E-state index < -0.39 is 5.60 Å². The number of anilines is 1. The van der Waals surface area contributed by atoms with Crippen LogP contribution < -0.4 is 5.32 Å². The van der Waals surface area contributed by atoms with Crippen molar-refractivity contribution in [3.05, 3.63) is 17.6 Å². The molecular weight excluding hydrogens is 226 g/mol. The number of nitrogens with zero attached hydrogens (tertiary/aromatic N) is 2. The van der Waals surface area contributed by atoms with Gasteiger partial charge in [0.1, 0.15) is 11.4 Å². The Hall–Kier alpha value is -1.16. The number of aromatic nitrogens is 2. The van der Waals surface area contributed by atoms with Crippen molar-refractivity contribution in [2.45, 2.75) is 52.6 Å². The van der Waals surface area contributed by atoms with E-state index in [-0.39, 0.29) is 0 Å². The maximum atomic E-state index is 5.58. The Bertz CT molecular complexity index is 375. The van der Waals surface area contributed by atoms with Gasteiger partial charge < -0.3 is 10.1 Å². The van der Waals surface area contributed by atoms with E-state index in [2.05, 4.69) is 36.1 Å². The monoisotopic (exact) mass is 251 g/mol. The van der Waals surface area contributed by atoms with Gasteiger partial charge in [-0.1, -0.05) is 20.8 Å². The first-order chi connectivity index (χ1) is 8.59. The summed E-state index contributed by atoms with van der Waals surface area (Å²) in [6.45, 7) is 9.29. The summed E-state index contributed by atoms with van der Waals surface area (Å²) in [5, 5.41) is 3.32. The van der Waals surface area contributed by atoms with Crippen molar-refractivity contribution in [3.63, 3.8) is 0 Å². The molecule has 18 heavy (non-hydrogen) atoms. The molecule has 0 fully saturated rings. The predicted octanol–water partition coefficient (Wildman–Crippen LogP) is 3.13. The lowest BCUT2D eigenvalue weighted by Gasteiger charge is -2.25. The van der Waals surface area contributed by atoms with Gasteiger partial charge in [-0.2, -0.15) is 0 Å². The average Bonchev–Trinajstić information content (AvgIpc) is 2.43. The van der Waals surface area contributed by atoms with Crippen molar-refractivity contribution in [2.24, 2.45) is 0 Å². The van der Waals surface area contributed by atoms with Crippen molar-refractivity contribution in [3.8, 4) is 0 Å². The molecule has 0 bridgehead atoms. The van der Waals surface area contributed by atoms with Crippen LogP contribution in [0.4, 0.5) is 5.82 Å². The molecular formula is C14H25N3O. The fourth-order valence-electron chi connectivity index (χ4n) is 1.65. The number of methoxy groups -OCH3 is 1. The van der Waals surface area contributed by atoms with Crippen LogP contribution >= 0.6 is 0 Å². The number of hydrogen-bond acceptors (Lipinski definition) is 4. The summed E-state index contributed by atoms with van der Waals surface area (Å²) >= 11 is 0. The van der Waals surface area contributed by atoms with Gasteiger partial charge in [0, 0.05) is 25.4 Å². The zero-order chi connectivity index (χ0) is 13.6. The van der Waals surface area contributed by atoms with Crippen LogP contribution in [0.15, 0.2) is 6.07 Å². The van der Waals surface area contributed by atoms with Gasteiger partial charge in [0.15, 0.2) is 5.82 Å². The summed E-state index contributed by atoms with van der Waals surface area (Å²) in [6, 6.07) is 2.02. The lowest BCUT2D eigenvalue weighted by Crippen LogP contribution is -2.27. The molecule has 4 nitrogen and oxygen atoms in total. The Labute approximate surface area is 110 Å². The van der Waals surface area contributed by atoms with Crippen LogP contribution in [0.3, 0.4) is 0 Å². The molecule has 0 aromatic carbocycles. The molecule has 102 valence electrons. The van der Waals surface area contributed by atoms with Crippen LogP contribution in [0.5, 0.6) is 0 Å². The van der Waals surface area contributed by atoms with E-state index in [0.29, 0.717) is 0 Å². The molecule has 1 heterocycles. The topological polar surface area (TPSA) is 47.0 Å². The van der Waals surface area contributed by atoms with Crippen LogP contribution in [-0.4, -0.2) is 23.6 Å². The number of aryl methyl sites for hydroxylation is 1. The number of rotatable bonds is 7. The summed E-state index contributed by atoms with van der Waals surface area (Å²) in [5.41, 5.74) is 0.642. The lowest BCUT2D eigenvalue weighted by atomic mass is 10.0. The second kappa shape index (κ2) is 6.69. The molecule has 1 unspecified atom stereocenters. The van der Waals surface area contributed by atoms with Crippen molar-refractivity contribution in [1.82, 2.24) is 9.97 Å². The van der Waals surface area contributed by atoms with E-state index in [1.807, 2.05) is 13.0 Å². The van der Waals surface area contributed by atoms with E-state index in [4.69, 9.17) is 4.74 Å². The van der Waals surface area contributed by atoms with E-state index >= 15 is 0 Å². The van der Waals surface area contributed by atoms with Gasteiger partial charge in [-0.25, -0.2) is 9.97 Å². The molecule has 0 spiro atoms. The Morgan fingerprint density at radius 1 is 1.28 bits per heavy atom. The highest BCUT2D eigenvalue weighted by Crippen LogP contribution is 2.26. The summed E-state index contributed by atoms with van der Waals surface area (Å²) in [7, 11) is 1.71. The Morgan fingerprint density at radius 2 is 2.00 bits per heavy atom. The standard InChI is InChI=1S/C14H25N3O/c1-6-9-15-12-10-11(7-2)16-13(17-12)14(4,8-3)18-5/h10H,6-9H2,1-5H3,(H,15,16,17). The second-order valence-electron chi connectivity index (χ2n) is 4.64. The average molecular weight is 251 g/mol. The smallest absolute Gasteiger partial charge is 0.162 e. The Balaban J connectivity index is 3.10. The molecule has 0 aliphatic carbocycles. The van der Waals surface area contributed by atoms with Crippen LogP contribution in [0.1, 0.15) is 52.1 Å². The first kappa shape index (κ1) is 14.9. The summed E-state index contributed by atoms with van der Waals surface area (Å²) in [4.78, 5) is 9.18. The number of nitrogens with one attached hydrogen (secondary N) is 1. The van der Waals surface area contributed by atoms with Gasteiger partial charge in [0.05, 0.1) is 0 Å². The highest BCUT2D eigenvalue weighted by atomic mass is 16.5. The van der Waals surface area contributed by atoms with Crippen molar-refractivity contribution in [1.29, 1.82) is 0 Å². The summed E-state index contributed by atoms with van der Waals surface area (Å²) < 4.78 is 5.58. The van der Waals surface area contributed by atoms with Gasteiger partial charge in [-0.3, -0.25) is 0 Å². The van der Waals surface area contributed by atoms with Crippen molar-refractivity contribution in [2.75, 3.05) is 19.0 Å².